The molecule has 1 rings (SSSR count). The molecule has 0 bridgehead atoms. The van der Waals surface area contributed by atoms with Gasteiger partial charge in [-0.1, -0.05) is 15.9 Å². The number of hydrogen-bond acceptors (Lipinski definition) is 4. The molecule has 0 radical (unpaired) electrons. The summed E-state index contributed by atoms with van der Waals surface area (Å²) in [7, 11) is -0.169. The maximum Gasteiger partial charge on any atom is 0.259 e. The van der Waals surface area contributed by atoms with Gasteiger partial charge in [0, 0.05) is 31.7 Å². The molecule has 0 spiro atoms. The summed E-state index contributed by atoms with van der Waals surface area (Å²) in [5.41, 5.74) is 0. The van der Waals surface area contributed by atoms with Crippen LogP contribution in [-0.4, -0.2) is 43.1 Å². The number of aromatic nitrogens is 2. The zero-order valence-electron chi connectivity index (χ0n) is 9.76. The van der Waals surface area contributed by atoms with E-state index in [9.17, 15) is 8.42 Å². The molecule has 6 nitrogen and oxygen atoms in total. The van der Waals surface area contributed by atoms with Crippen LogP contribution in [0.1, 0.15) is 6.42 Å². The Morgan fingerprint density at radius 2 is 2.35 bits per heavy atom. The van der Waals surface area contributed by atoms with Crippen molar-refractivity contribution in [2.45, 2.75) is 16.3 Å². The van der Waals surface area contributed by atoms with E-state index in [1.807, 2.05) is 0 Å². The van der Waals surface area contributed by atoms with Gasteiger partial charge in [-0.3, -0.25) is 0 Å². The monoisotopic (exact) mass is 325 g/mol. The molecule has 1 heterocycles. The standard InChI is InChI=1S/C9H16BrN3O3S/c1-13-5-9(11-7-13)17(14,15)12-4-3-8(10)6-16-2/h5,7-8,12H,3-4,6H2,1-2H3. The van der Waals surface area contributed by atoms with Crippen molar-refractivity contribution < 1.29 is 13.2 Å². The molecule has 0 aliphatic rings. The highest BCUT2D eigenvalue weighted by atomic mass is 79.9. The lowest BCUT2D eigenvalue weighted by Gasteiger charge is -2.08. The molecular weight excluding hydrogens is 310 g/mol. The number of ether oxygens (including phenoxy) is 1. The molecule has 0 aliphatic heterocycles. The third-order valence-corrected chi connectivity index (χ3v) is 4.12. The van der Waals surface area contributed by atoms with Crippen molar-refractivity contribution in [2.24, 2.45) is 7.05 Å². The predicted molar refractivity (Wildman–Crippen MR) is 67.6 cm³/mol. The Balaban J connectivity index is 2.46. The highest BCUT2D eigenvalue weighted by Crippen LogP contribution is 2.07. The van der Waals surface area contributed by atoms with E-state index in [1.54, 1.807) is 18.7 Å². The van der Waals surface area contributed by atoms with Gasteiger partial charge in [0.05, 0.1) is 12.9 Å². The van der Waals surface area contributed by atoms with Gasteiger partial charge < -0.3 is 9.30 Å². The van der Waals surface area contributed by atoms with E-state index in [2.05, 4.69) is 25.6 Å². The summed E-state index contributed by atoms with van der Waals surface area (Å²) in [6.45, 7) is 0.892. The Morgan fingerprint density at radius 3 is 2.88 bits per heavy atom. The second-order valence-electron chi connectivity index (χ2n) is 3.62. The van der Waals surface area contributed by atoms with Crippen LogP contribution in [0.25, 0.3) is 0 Å². The molecule has 0 aliphatic carbocycles. The summed E-state index contributed by atoms with van der Waals surface area (Å²) in [5.74, 6) is 0. The lowest BCUT2D eigenvalue weighted by molar-refractivity contribution is 0.199. The molecule has 98 valence electrons. The van der Waals surface area contributed by atoms with E-state index >= 15 is 0 Å². The van der Waals surface area contributed by atoms with Crippen LogP contribution in [0.2, 0.25) is 0 Å². The first-order valence-electron chi connectivity index (χ1n) is 5.06. The molecule has 0 saturated heterocycles. The number of imidazole rings is 1. The number of rotatable bonds is 7. The summed E-state index contributed by atoms with van der Waals surface area (Å²) in [4.78, 5) is 3.94. The zero-order valence-corrected chi connectivity index (χ0v) is 12.2. The fourth-order valence-corrected chi connectivity index (χ4v) is 2.73. The van der Waals surface area contributed by atoms with Crippen molar-refractivity contribution in [1.82, 2.24) is 14.3 Å². The van der Waals surface area contributed by atoms with Crippen LogP contribution in [0.15, 0.2) is 17.6 Å². The molecular formula is C9H16BrN3O3S. The van der Waals surface area contributed by atoms with E-state index < -0.39 is 10.0 Å². The summed E-state index contributed by atoms with van der Waals surface area (Å²) in [5, 5.41) is 0.0397. The number of nitrogens with one attached hydrogen (secondary N) is 1. The molecule has 17 heavy (non-hydrogen) atoms. The van der Waals surface area contributed by atoms with Crippen molar-refractivity contribution >= 4 is 26.0 Å². The molecule has 0 aromatic carbocycles. The summed E-state index contributed by atoms with van der Waals surface area (Å²) < 4.78 is 32.5. The number of nitrogens with zero attached hydrogens (tertiary/aromatic N) is 2. The molecule has 0 fully saturated rings. The number of sulfonamides is 1. The molecule has 1 aromatic rings. The SMILES string of the molecule is COCC(Br)CCNS(=O)(=O)c1cn(C)cn1. The van der Waals surface area contributed by atoms with Crippen LogP contribution in [0.5, 0.6) is 0 Å². The number of methoxy groups -OCH3 is 1. The van der Waals surface area contributed by atoms with Gasteiger partial charge >= 0.3 is 0 Å². The highest BCUT2D eigenvalue weighted by molar-refractivity contribution is 9.09. The van der Waals surface area contributed by atoms with Crippen molar-refractivity contribution in [3.8, 4) is 0 Å². The van der Waals surface area contributed by atoms with Gasteiger partial charge in [-0.25, -0.2) is 18.1 Å². The van der Waals surface area contributed by atoms with Crippen LogP contribution in [0, 0.1) is 0 Å². The Bertz CT molecular complexity index is 446. The van der Waals surface area contributed by atoms with Crippen LogP contribution in [-0.2, 0) is 21.8 Å². The molecule has 1 aromatic heterocycles. The minimum absolute atomic E-state index is 0.0397. The van der Waals surface area contributed by atoms with Crippen LogP contribution < -0.4 is 4.72 Å². The first-order chi connectivity index (χ1) is 7.95. The molecule has 1 atom stereocenters. The maximum absolute atomic E-state index is 11.8. The van der Waals surface area contributed by atoms with Gasteiger partial charge in [-0.15, -0.1) is 0 Å². The van der Waals surface area contributed by atoms with Crippen molar-refractivity contribution in [3.05, 3.63) is 12.5 Å². The minimum Gasteiger partial charge on any atom is -0.384 e. The van der Waals surface area contributed by atoms with E-state index in [1.165, 1.54) is 12.5 Å². The molecule has 0 amide bonds. The lowest BCUT2D eigenvalue weighted by atomic mass is 10.3. The topological polar surface area (TPSA) is 73.2 Å². The second-order valence-corrected chi connectivity index (χ2v) is 6.63. The second kappa shape index (κ2) is 6.48. The normalized spacial score (nSPS) is 13.8. The van der Waals surface area contributed by atoms with Crippen LogP contribution in [0.4, 0.5) is 0 Å². The fourth-order valence-electron chi connectivity index (χ4n) is 1.22. The molecule has 8 heteroatoms. The molecule has 1 unspecified atom stereocenters. The van der Waals surface area contributed by atoms with Crippen molar-refractivity contribution in [2.75, 3.05) is 20.3 Å². The number of hydrogen-bond donors (Lipinski definition) is 1. The summed E-state index contributed by atoms with van der Waals surface area (Å²) in [6.07, 6.45) is 3.57. The molecule has 0 saturated carbocycles. The Labute approximate surface area is 110 Å². The third kappa shape index (κ3) is 4.74. The summed E-state index contributed by atoms with van der Waals surface area (Å²) >= 11 is 3.39. The highest BCUT2D eigenvalue weighted by Gasteiger charge is 2.16. The minimum atomic E-state index is -3.49. The van der Waals surface area contributed by atoms with Gasteiger partial charge in [-0.05, 0) is 6.42 Å². The zero-order chi connectivity index (χ0) is 12.9. The van der Waals surface area contributed by atoms with Gasteiger partial charge in [0.2, 0.25) is 0 Å². The van der Waals surface area contributed by atoms with E-state index in [4.69, 9.17) is 4.74 Å². The van der Waals surface area contributed by atoms with Crippen molar-refractivity contribution in [1.29, 1.82) is 0 Å². The average Bonchev–Trinajstić information content (AvgIpc) is 2.65. The number of aryl methyl sites for hydroxylation is 1. The maximum atomic E-state index is 11.8. The summed E-state index contributed by atoms with van der Waals surface area (Å²) in [6, 6.07) is 0. The average molecular weight is 326 g/mol. The largest absolute Gasteiger partial charge is 0.384 e. The van der Waals surface area contributed by atoms with Gasteiger partial charge in [0.15, 0.2) is 5.03 Å². The van der Waals surface area contributed by atoms with Crippen molar-refractivity contribution in [3.63, 3.8) is 0 Å². The van der Waals surface area contributed by atoms with Gasteiger partial charge in [0.25, 0.3) is 10.0 Å². The Hall–Kier alpha value is -0.440. The van der Waals surface area contributed by atoms with Gasteiger partial charge in [0.1, 0.15) is 0 Å². The fraction of sp³-hybridized carbons (Fsp3) is 0.667. The lowest BCUT2D eigenvalue weighted by Crippen LogP contribution is -2.27. The Kier molecular flexibility index (Phi) is 5.57. The number of halogens is 1. The predicted octanol–water partition coefficient (Wildman–Crippen LogP) is 0.498. The molecule has 1 N–H and O–H groups in total. The van der Waals surface area contributed by atoms with Crippen LogP contribution in [0.3, 0.4) is 0 Å². The van der Waals surface area contributed by atoms with Crippen LogP contribution >= 0.6 is 15.9 Å². The number of alkyl halides is 1. The first kappa shape index (κ1) is 14.6. The van der Waals surface area contributed by atoms with Gasteiger partial charge in [-0.2, -0.15) is 0 Å². The van der Waals surface area contributed by atoms with E-state index in [-0.39, 0.29) is 9.85 Å². The Morgan fingerprint density at radius 1 is 1.65 bits per heavy atom. The quantitative estimate of drug-likeness (QED) is 0.741. The third-order valence-electron chi connectivity index (χ3n) is 2.05. The van der Waals surface area contributed by atoms with E-state index in [0.717, 1.165) is 0 Å². The van der Waals surface area contributed by atoms with E-state index in [0.29, 0.717) is 19.6 Å². The first-order valence-corrected chi connectivity index (χ1v) is 7.46. The smallest absolute Gasteiger partial charge is 0.259 e.